The zero-order chi connectivity index (χ0) is 24.5. The molecule has 1 aliphatic heterocycles. The van der Waals surface area contributed by atoms with Crippen LogP contribution in [0.2, 0.25) is 4.34 Å². The van der Waals surface area contributed by atoms with E-state index in [-0.39, 0.29) is 4.21 Å². The molecule has 4 heterocycles. The monoisotopic (exact) mass is 519 g/mol. The second kappa shape index (κ2) is 9.74. The number of carbonyl (C=O) groups is 1. The van der Waals surface area contributed by atoms with Crippen LogP contribution in [-0.2, 0) is 21.2 Å². The normalized spacial score (nSPS) is 14.7. The number of aryl methyl sites for hydroxylation is 2. The van der Waals surface area contributed by atoms with Gasteiger partial charge in [-0.3, -0.25) is 4.79 Å². The molecule has 1 saturated heterocycles. The van der Waals surface area contributed by atoms with Crippen molar-refractivity contribution in [3.63, 3.8) is 0 Å². The van der Waals surface area contributed by atoms with Crippen LogP contribution in [0, 0.1) is 24.2 Å². The molecule has 0 atom stereocenters. The van der Waals surface area contributed by atoms with Crippen LogP contribution in [0.4, 0.5) is 5.82 Å². The minimum Gasteiger partial charge on any atom is -0.441 e. The molecule has 1 amide bonds. The molecule has 3 aromatic rings. The molecule has 4 rings (SSSR count). The van der Waals surface area contributed by atoms with Crippen molar-refractivity contribution in [1.82, 2.24) is 14.7 Å². The largest absolute Gasteiger partial charge is 0.441 e. The van der Waals surface area contributed by atoms with Crippen molar-refractivity contribution in [2.24, 2.45) is 5.92 Å². The van der Waals surface area contributed by atoms with Gasteiger partial charge < -0.3 is 9.32 Å². The van der Waals surface area contributed by atoms with Gasteiger partial charge in [0.1, 0.15) is 21.9 Å². The summed E-state index contributed by atoms with van der Waals surface area (Å²) in [5.41, 5.74) is 1.73. The number of aromatic nitrogens is 2. The lowest BCUT2D eigenvalue weighted by Gasteiger charge is -2.32. The first-order chi connectivity index (χ1) is 16.2. The summed E-state index contributed by atoms with van der Waals surface area (Å²) >= 11 is 6.71. The molecular formula is C22H22ClN5O4S2. The van der Waals surface area contributed by atoms with Crippen LogP contribution in [0.1, 0.15) is 36.8 Å². The van der Waals surface area contributed by atoms with Crippen LogP contribution >= 0.6 is 22.9 Å². The summed E-state index contributed by atoms with van der Waals surface area (Å²) in [6, 6.07) is 6.76. The van der Waals surface area contributed by atoms with Crippen LogP contribution < -0.4 is 9.62 Å². The van der Waals surface area contributed by atoms with E-state index < -0.39 is 21.8 Å². The van der Waals surface area contributed by atoms with Crippen LogP contribution in [0.15, 0.2) is 33.0 Å². The van der Waals surface area contributed by atoms with E-state index in [0.29, 0.717) is 65.2 Å². The summed E-state index contributed by atoms with van der Waals surface area (Å²) < 4.78 is 33.1. The van der Waals surface area contributed by atoms with Crippen molar-refractivity contribution in [2.45, 2.75) is 37.3 Å². The molecule has 178 valence electrons. The Kier molecular flexibility index (Phi) is 6.93. The minimum atomic E-state index is -3.95. The Morgan fingerprint density at radius 3 is 2.71 bits per heavy atom. The van der Waals surface area contributed by atoms with Crippen LogP contribution in [0.3, 0.4) is 0 Å². The number of nitrogens with one attached hydrogen (secondary N) is 1. The number of thiophene rings is 1. The maximum atomic E-state index is 12.6. The summed E-state index contributed by atoms with van der Waals surface area (Å²) in [4.78, 5) is 23.5. The smallest absolute Gasteiger partial charge is 0.273 e. The van der Waals surface area contributed by atoms with E-state index >= 15 is 0 Å². The number of amides is 1. The standard InChI is InChI=1S/C22H22ClN5O4S2/c1-3-16-12-25-22(32-16)17-10-15(11-24)20(26-13(17)2)28-8-6-14(7-9-28)21(29)27-34(30,31)19-5-4-18(23)33-19/h4-5,10,12,14H,3,6-9H2,1-2H3,(H,27,29). The number of hydrogen-bond donors (Lipinski definition) is 1. The number of carbonyl (C=O) groups excluding carboxylic acids is 1. The first-order valence-corrected chi connectivity index (χ1v) is 13.3. The molecule has 1 fully saturated rings. The number of piperidine rings is 1. The summed E-state index contributed by atoms with van der Waals surface area (Å²) in [5, 5.41) is 9.73. The van der Waals surface area contributed by atoms with Gasteiger partial charge in [-0.2, -0.15) is 5.26 Å². The fraction of sp³-hybridized carbons (Fsp3) is 0.364. The number of pyridine rings is 1. The van der Waals surface area contributed by atoms with Gasteiger partial charge in [-0.1, -0.05) is 18.5 Å². The Bertz CT molecular complexity index is 1370. The number of oxazole rings is 1. The van der Waals surface area contributed by atoms with Crippen molar-refractivity contribution in [1.29, 1.82) is 5.26 Å². The van der Waals surface area contributed by atoms with E-state index in [9.17, 15) is 18.5 Å². The number of nitriles is 1. The number of sulfonamides is 1. The SMILES string of the molecule is CCc1cnc(-c2cc(C#N)c(N3CCC(C(=O)NS(=O)(=O)c4ccc(Cl)s4)CC3)nc2C)o1. The van der Waals surface area contributed by atoms with E-state index in [1.54, 1.807) is 12.3 Å². The zero-order valence-corrected chi connectivity index (χ0v) is 20.9. The maximum absolute atomic E-state index is 12.6. The first-order valence-electron chi connectivity index (χ1n) is 10.7. The van der Waals surface area contributed by atoms with Gasteiger partial charge in [-0.25, -0.2) is 23.1 Å². The highest BCUT2D eigenvalue weighted by molar-refractivity contribution is 7.92. The lowest BCUT2D eigenvalue weighted by molar-refractivity contribution is -0.123. The molecule has 9 nitrogen and oxygen atoms in total. The molecule has 0 bridgehead atoms. The van der Waals surface area contributed by atoms with Crippen molar-refractivity contribution in [3.8, 4) is 17.5 Å². The molecule has 0 aromatic carbocycles. The third kappa shape index (κ3) is 4.94. The Hall–Kier alpha value is -2.94. The number of rotatable bonds is 6. The summed E-state index contributed by atoms with van der Waals surface area (Å²) in [6.07, 6.45) is 3.24. The van der Waals surface area contributed by atoms with E-state index in [0.717, 1.165) is 17.1 Å². The van der Waals surface area contributed by atoms with Crippen LogP contribution in [0.25, 0.3) is 11.5 Å². The number of nitrogens with zero attached hydrogens (tertiary/aromatic N) is 4. The Morgan fingerprint density at radius 2 is 2.12 bits per heavy atom. The van der Waals surface area contributed by atoms with Gasteiger partial charge in [0.15, 0.2) is 0 Å². The van der Waals surface area contributed by atoms with Gasteiger partial charge >= 0.3 is 0 Å². The predicted octanol–water partition coefficient (Wildman–Crippen LogP) is 3.92. The molecule has 34 heavy (non-hydrogen) atoms. The maximum Gasteiger partial charge on any atom is 0.273 e. The number of halogens is 1. The Balaban J connectivity index is 1.46. The van der Waals surface area contributed by atoms with Crippen molar-refractivity contribution < 1.29 is 17.6 Å². The van der Waals surface area contributed by atoms with Gasteiger partial charge in [0.25, 0.3) is 10.0 Å². The van der Waals surface area contributed by atoms with Crippen molar-refractivity contribution in [3.05, 3.63) is 45.7 Å². The van der Waals surface area contributed by atoms with E-state index in [2.05, 4.69) is 20.8 Å². The summed E-state index contributed by atoms with van der Waals surface area (Å²) in [6.45, 7) is 4.72. The summed E-state index contributed by atoms with van der Waals surface area (Å²) in [7, 11) is -3.95. The fourth-order valence-corrected chi connectivity index (χ4v) is 6.32. The average Bonchev–Trinajstić information content (AvgIpc) is 3.48. The molecular weight excluding hydrogens is 498 g/mol. The van der Waals surface area contributed by atoms with Gasteiger partial charge in [0.05, 0.1) is 27.4 Å². The first kappa shape index (κ1) is 24.2. The number of hydrogen-bond acceptors (Lipinski definition) is 9. The van der Waals surface area contributed by atoms with Crippen molar-refractivity contribution in [2.75, 3.05) is 18.0 Å². The highest BCUT2D eigenvalue weighted by Crippen LogP contribution is 2.31. The molecule has 0 spiro atoms. The average molecular weight is 520 g/mol. The molecule has 0 saturated carbocycles. The van der Waals surface area contributed by atoms with Gasteiger partial charge in [-0.15, -0.1) is 11.3 Å². The third-order valence-corrected chi connectivity index (χ3v) is 8.73. The fourth-order valence-electron chi connectivity index (χ4n) is 3.79. The highest BCUT2D eigenvalue weighted by atomic mass is 35.5. The molecule has 0 radical (unpaired) electrons. The van der Waals surface area contributed by atoms with Gasteiger partial charge in [0, 0.05) is 25.4 Å². The van der Waals surface area contributed by atoms with Crippen LogP contribution in [-0.4, -0.2) is 37.4 Å². The zero-order valence-electron chi connectivity index (χ0n) is 18.5. The predicted molar refractivity (Wildman–Crippen MR) is 128 cm³/mol. The van der Waals surface area contributed by atoms with Crippen LogP contribution in [0.5, 0.6) is 0 Å². The second-order valence-corrected chi connectivity index (χ2v) is 11.5. The van der Waals surface area contributed by atoms with Gasteiger partial charge in [0.2, 0.25) is 11.8 Å². The summed E-state index contributed by atoms with van der Waals surface area (Å²) in [5.74, 6) is 0.702. The second-order valence-electron chi connectivity index (χ2n) is 7.88. The lowest BCUT2D eigenvalue weighted by atomic mass is 9.96. The Labute approximate surface area is 206 Å². The number of anilines is 1. The molecule has 0 unspecified atom stereocenters. The molecule has 3 aromatic heterocycles. The van der Waals surface area contributed by atoms with Crippen molar-refractivity contribution >= 4 is 44.7 Å². The van der Waals surface area contributed by atoms with E-state index in [1.807, 2.05) is 18.7 Å². The Morgan fingerprint density at radius 1 is 1.38 bits per heavy atom. The topological polar surface area (TPSA) is 129 Å². The van der Waals surface area contributed by atoms with E-state index in [1.165, 1.54) is 12.1 Å². The lowest BCUT2D eigenvalue weighted by Crippen LogP contribution is -2.42. The minimum absolute atomic E-state index is 0.00110. The molecule has 1 N–H and O–H groups in total. The molecule has 12 heteroatoms. The molecule has 1 aliphatic rings. The van der Waals surface area contributed by atoms with Gasteiger partial charge in [-0.05, 0) is 38.0 Å². The molecule has 0 aliphatic carbocycles. The van der Waals surface area contributed by atoms with E-state index in [4.69, 9.17) is 16.0 Å². The highest BCUT2D eigenvalue weighted by Gasteiger charge is 2.30. The third-order valence-electron chi connectivity index (χ3n) is 5.66. The quantitative estimate of drug-likeness (QED) is 0.518.